The van der Waals surface area contributed by atoms with E-state index in [2.05, 4.69) is 33.5 Å². The molecule has 0 fully saturated rings. The molecule has 2 aromatic carbocycles. The van der Waals surface area contributed by atoms with Gasteiger partial charge in [0.1, 0.15) is 0 Å². The number of halogens is 1. The van der Waals surface area contributed by atoms with Gasteiger partial charge in [-0.1, -0.05) is 47.1 Å². The summed E-state index contributed by atoms with van der Waals surface area (Å²) in [5, 5.41) is 5.45. The Bertz CT molecular complexity index is 716. The number of aryl methyl sites for hydroxylation is 1. The smallest absolute Gasteiger partial charge is 0.312 e. The van der Waals surface area contributed by atoms with Crippen LogP contribution in [-0.2, 0) is 11.2 Å². The average molecular weight is 390 g/mol. The summed E-state index contributed by atoms with van der Waals surface area (Å²) in [5.74, 6) is -0.196. The number of carbonyl (C=O) groups excluding carboxylic acids is 2. The van der Waals surface area contributed by atoms with E-state index >= 15 is 0 Å². The van der Waals surface area contributed by atoms with Crippen LogP contribution in [0.2, 0.25) is 0 Å². The second-order valence-electron chi connectivity index (χ2n) is 5.42. The predicted molar refractivity (Wildman–Crippen MR) is 98.7 cm³/mol. The molecule has 2 aromatic rings. The molecular formula is C18H20BrN3O2. The number of benzene rings is 2. The molecule has 0 radical (unpaired) electrons. The summed E-state index contributed by atoms with van der Waals surface area (Å²) in [6.07, 6.45) is 1.04. The second kappa shape index (κ2) is 8.49. The van der Waals surface area contributed by atoms with Gasteiger partial charge in [0.2, 0.25) is 5.91 Å². The average Bonchev–Trinajstić information content (AvgIpc) is 2.54. The van der Waals surface area contributed by atoms with Crippen LogP contribution in [0.1, 0.15) is 30.5 Å². The topological polar surface area (TPSA) is 84.2 Å². The zero-order chi connectivity index (χ0) is 17.5. The van der Waals surface area contributed by atoms with Gasteiger partial charge in [-0.25, -0.2) is 4.79 Å². The molecule has 3 amide bonds. The highest BCUT2D eigenvalue weighted by molar-refractivity contribution is 9.10. The van der Waals surface area contributed by atoms with E-state index in [4.69, 9.17) is 5.73 Å². The van der Waals surface area contributed by atoms with Crippen molar-refractivity contribution >= 4 is 33.6 Å². The molecule has 0 aliphatic rings. The third kappa shape index (κ3) is 5.38. The summed E-state index contributed by atoms with van der Waals surface area (Å²) < 4.78 is 0.867. The van der Waals surface area contributed by atoms with Crippen molar-refractivity contribution in [3.63, 3.8) is 0 Å². The normalized spacial score (nSPS) is 11.6. The van der Waals surface area contributed by atoms with Crippen LogP contribution in [-0.4, -0.2) is 11.9 Å². The van der Waals surface area contributed by atoms with E-state index in [1.807, 2.05) is 48.5 Å². The van der Waals surface area contributed by atoms with Crippen LogP contribution < -0.4 is 16.4 Å². The van der Waals surface area contributed by atoms with Crippen LogP contribution in [0.15, 0.2) is 53.0 Å². The molecular weight excluding hydrogens is 370 g/mol. The molecule has 0 saturated carbocycles. The maximum absolute atomic E-state index is 12.3. The van der Waals surface area contributed by atoms with E-state index in [9.17, 15) is 9.59 Å². The highest BCUT2D eigenvalue weighted by Crippen LogP contribution is 2.21. The summed E-state index contributed by atoms with van der Waals surface area (Å²) in [6.45, 7) is 2.08. The molecule has 0 bridgehead atoms. The van der Waals surface area contributed by atoms with Crippen LogP contribution in [0.5, 0.6) is 0 Å². The van der Waals surface area contributed by atoms with E-state index in [0.29, 0.717) is 0 Å². The monoisotopic (exact) mass is 389 g/mol. The van der Waals surface area contributed by atoms with Gasteiger partial charge in [-0.2, -0.15) is 0 Å². The van der Waals surface area contributed by atoms with E-state index in [1.165, 1.54) is 5.56 Å². The van der Waals surface area contributed by atoms with Crippen LogP contribution in [0.4, 0.5) is 10.5 Å². The standard InChI is InChI=1S/C18H20BrN3O2/c1-2-12-6-8-15(9-7-12)21-17(23)11-16(22-18(20)24)13-4-3-5-14(19)10-13/h3-10,16H,2,11H2,1H3,(H,21,23)(H3,20,22,24). The largest absolute Gasteiger partial charge is 0.352 e. The Morgan fingerprint density at radius 2 is 1.88 bits per heavy atom. The van der Waals surface area contributed by atoms with Gasteiger partial charge >= 0.3 is 6.03 Å². The lowest BCUT2D eigenvalue weighted by atomic mass is 10.0. The van der Waals surface area contributed by atoms with Gasteiger partial charge in [0.25, 0.3) is 0 Å². The first-order chi connectivity index (χ1) is 11.5. The fourth-order valence-corrected chi connectivity index (χ4v) is 2.79. The lowest BCUT2D eigenvalue weighted by molar-refractivity contribution is -0.116. The Morgan fingerprint density at radius 1 is 1.17 bits per heavy atom. The number of amides is 3. The summed E-state index contributed by atoms with van der Waals surface area (Å²) in [6, 6.07) is 13.9. The van der Waals surface area contributed by atoms with Crippen molar-refractivity contribution in [3.05, 3.63) is 64.1 Å². The number of hydrogen-bond acceptors (Lipinski definition) is 2. The van der Waals surface area contributed by atoms with Crippen LogP contribution in [0.25, 0.3) is 0 Å². The molecule has 0 aliphatic carbocycles. The summed E-state index contributed by atoms with van der Waals surface area (Å²) >= 11 is 3.39. The Kier molecular flexibility index (Phi) is 6.37. The number of primary amides is 1. The van der Waals surface area contributed by atoms with Gasteiger partial charge in [0.05, 0.1) is 12.5 Å². The molecule has 6 heteroatoms. The summed E-state index contributed by atoms with van der Waals surface area (Å²) in [5.41, 5.74) is 7.97. The van der Waals surface area contributed by atoms with Crippen LogP contribution in [0.3, 0.4) is 0 Å². The fraction of sp³-hybridized carbons (Fsp3) is 0.222. The first-order valence-electron chi connectivity index (χ1n) is 7.68. The Labute approximate surface area is 149 Å². The van der Waals surface area contributed by atoms with Gasteiger partial charge in [-0.3, -0.25) is 4.79 Å². The second-order valence-corrected chi connectivity index (χ2v) is 6.33. The molecule has 0 heterocycles. The van der Waals surface area contributed by atoms with Crippen LogP contribution in [0, 0.1) is 0 Å². The summed E-state index contributed by atoms with van der Waals surface area (Å²) in [7, 11) is 0. The quantitative estimate of drug-likeness (QED) is 0.702. The molecule has 0 aliphatic heterocycles. The molecule has 1 unspecified atom stereocenters. The van der Waals surface area contributed by atoms with Gasteiger partial charge in [0.15, 0.2) is 0 Å². The van der Waals surface area contributed by atoms with E-state index in [0.717, 1.165) is 22.1 Å². The molecule has 126 valence electrons. The van der Waals surface area contributed by atoms with E-state index in [1.54, 1.807) is 0 Å². The van der Waals surface area contributed by atoms with E-state index < -0.39 is 12.1 Å². The minimum Gasteiger partial charge on any atom is -0.352 e. The molecule has 24 heavy (non-hydrogen) atoms. The number of urea groups is 1. The Hall–Kier alpha value is -2.34. The lowest BCUT2D eigenvalue weighted by Crippen LogP contribution is -2.35. The van der Waals surface area contributed by atoms with Gasteiger partial charge < -0.3 is 16.4 Å². The maximum Gasteiger partial charge on any atom is 0.312 e. The molecule has 5 nitrogen and oxygen atoms in total. The number of nitrogens with one attached hydrogen (secondary N) is 2. The van der Waals surface area contributed by atoms with Gasteiger partial charge in [0, 0.05) is 10.2 Å². The van der Waals surface area contributed by atoms with Crippen molar-refractivity contribution in [1.29, 1.82) is 0 Å². The van der Waals surface area contributed by atoms with Crippen molar-refractivity contribution in [2.45, 2.75) is 25.8 Å². The van der Waals surface area contributed by atoms with Gasteiger partial charge in [-0.05, 0) is 41.8 Å². The molecule has 1 atom stereocenters. The van der Waals surface area contributed by atoms with Crippen molar-refractivity contribution in [2.24, 2.45) is 5.73 Å². The molecule has 4 N–H and O–H groups in total. The molecule has 0 aromatic heterocycles. The minimum absolute atomic E-state index is 0.0922. The first-order valence-corrected chi connectivity index (χ1v) is 8.47. The van der Waals surface area contributed by atoms with Crippen molar-refractivity contribution in [1.82, 2.24) is 5.32 Å². The molecule has 2 rings (SSSR count). The zero-order valence-corrected chi connectivity index (χ0v) is 15.0. The van der Waals surface area contributed by atoms with E-state index in [-0.39, 0.29) is 12.3 Å². The lowest BCUT2D eigenvalue weighted by Gasteiger charge is -2.18. The third-order valence-electron chi connectivity index (χ3n) is 3.60. The van der Waals surface area contributed by atoms with Crippen molar-refractivity contribution < 1.29 is 9.59 Å². The molecule has 0 saturated heterocycles. The minimum atomic E-state index is -0.667. The zero-order valence-electron chi connectivity index (χ0n) is 13.4. The van der Waals surface area contributed by atoms with Crippen molar-refractivity contribution in [2.75, 3.05) is 5.32 Å². The van der Waals surface area contributed by atoms with Crippen LogP contribution >= 0.6 is 15.9 Å². The maximum atomic E-state index is 12.3. The highest BCUT2D eigenvalue weighted by atomic mass is 79.9. The predicted octanol–water partition coefficient (Wildman–Crippen LogP) is 3.75. The van der Waals surface area contributed by atoms with Gasteiger partial charge in [-0.15, -0.1) is 0 Å². The molecule has 0 spiro atoms. The Morgan fingerprint density at radius 3 is 2.46 bits per heavy atom. The number of nitrogens with two attached hydrogens (primary N) is 1. The van der Waals surface area contributed by atoms with Crippen molar-refractivity contribution in [3.8, 4) is 0 Å². The fourth-order valence-electron chi connectivity index (χ4n) is 2.37. The Balaban J connectivity index is 2.07. The summed E-state index contributed by atoms with van der Waals surface area (Å²) in [4.78, 5) is 23.5. The number of rotatable bonds is 6. The number of anilines is 1. The third-order valence-corrected chi connectivity index (χ3v) is 4.10. The highest BCUT2D eigenvalue weighted by Gasteiger charge is 2.18. The number of hydrogen-bond donors (Lipinski definition) is 3. The SMILES string of the molecule is CCc1ccc(NC(=O)CC(NC(N)=O)c2cccc(Br)c2)cc1. The number of carbonyl (C=O) groups is 2. The first kappa shape index (κ1) is 18.0.